The second-order valence-corrected chi connectivity index (χ2v) is 4.91. The predicted molar refractivity (Wildman–Crippen MR) is 77.6 cm³/mol. The van der Waals surface area contributed by atoms with Crippen LogP contribution in [-0.2, 0) is 4.79 Å². The molecule has 0 radical (unpaired) electrons. The molecule has 1 atom stereocenters. The minimum Gasteiger partial charge on any atom is -0.481 e. The van der Waals surface area contributed by atoms with Crippen molar-refractivity contribution in [2.45, 2.75) is 46.0 Å². The number of nitrogens with one attached hydrogen (secondary N) is 1. The molecule has 0 aromatic rings. The lowest BCUT2D eigenvalue weighted by molar-refractivity contribution is -0.137. The van der Waals surface area contributed by atoms with E-state index in [4.69, 9.17) is 10.2 Å². The molecule has 0 heterocycles. The Morgan fingerprint density at radius 3 is 2.40 bits per heavy atom. The Bertz CT molecular complexity index is 284. The third-order valence-corrected chi connectivity index (χ3v) is 3.33. The van der Waals surface area contributed by atoms with Crippen LogP contribution in [0.1, 0.15) is 46.0 Å². The minimum atomic E-state index is -0.768. The molecule has 0 saturated heterocycles. The van der Waals surface area contributed by atoms with Crippen LogP contribution in [0.5, 0.6) is 0 Å². The molecule has 0 aromatic carbocycles. The zero-order chi connectivity index (χ0) is 15.4. The largest absolute Gasteiger partial charge is 0.481 e. The van der Waals surface area contributed by atoms with Crippen molar-refractivity contribution in [3.63, 3.8) is 0 Å². The highest BCUT2D eigenvalue weighted by Gasteiger charge is 2.13. The maximum atomic E-state index is 11.8. The van der Waals surface area contributed by atoms with E-state index >= 15 is 0 Å². The van der Waals surface area contributed by atoms with Gasteiger partial charge in [0.1, 0.15) is 0 Å². The Morgan fingerprint density at radius 2 is 1.90 bits per heavy atom. The van der Waals surface area contributed by atoms with Crippen molar-refractivity contribution in [2.24, 2.45) is 5.92 Å². The van der Waals surface area contributed by atoms with Crippen LogP contribution < -0.4 is 5.32 Å². The molecule has 6 heteroatoms. The van der Waals surface area contributed by atoms with E-state index in [1.54, 1.807) is 4.90 Å². The molecule has 3 N–H and O–H groups in total. The minimum absolute atomic E-state index is 0.0433. The van der Waals surface area contributed by atoms with Gasteiger partial charge >= 0.3 is 12.0 Å². The van der Waals surface area contributed by atoms with Crippen molar-refractivity contribution in [3.8, 4) is 0 Å². The number of aliphatic hydroxyl groups excluding tert-OH is 1. The number of amides is 2. The van der Waals surface area contributed by atoms with Crippen molar-refractivity contribution in [1.29, 1.82) is 0 Å². The van der Waals surface area contributed by atoms with Crippen molar-refractivity contribution in [1.82, 2.24) is 10.2 Å². The highest BCUT2D eigenvalue weighted by atomic mass is 16.4. The fourth-order valence-corrected chi connectivity index (χ4v) is 2.19. The van der Waals surface area contributed by atoms with E-state index in [1.165, 1.54) is 0 Å². The van der Waals surface area contributed by atoms with Crippen molar-refractivity contribution in [3.05, 3.63) is 0 Å². The molecule has 0 aliphatic carbocycles. The molecule has 0 bridgehead atoms. The number of likely N-dealkylation sites (N-methyl/N-ethyl adjacent to an activating group) is 1. The molecule has 0 aromatic heterocycles. The molecule has 0 aliphatic rings. The summed E-state index contributed by atoms with van der Waals surface area (Å²) in [5.74, 6) is -0.431. The summed E-state index contributed by atoms with van der Waals surface area (Å²) < 4.78 is 0. The van der Waals surface area contributed by atoms with E-state index in [1.807, 2.05) is 6.92 Å². The number of aliphatic hydroxyl groups is 1. The molecule has 118 valence electrons. The molecule has 0 fully saturated rings. The number of carbonyl (C=O) groups is 2. The van der Waals surface area contributed by atoms with Gasteiger partial charge in [-0.3, -0.25) is 4.79 Å². The van der Waals surface area contributed by atoms with Gasteiger partial charge in [0.25, 0.3) is 0 Å². The molecule has 0 spiro atoms. The zero-order valence-corrected chi connectivity index (χ0v) is 12.6. The second-order valence-electron chi connectivity index (χ2n) is 4.91. The summed E-state index contributed by atoms with van der Waals surface area (Å²) in [6.07, 6.45) is 3.64. The van der Waals surface area contributed by atoms with Gasteiger partial charge in [0.15, 0.2) is 0 Å². The number of nitrogens with zero attached hydrogens (tertiary/aromatic N) is 1. The Morgan fingerprint density at radius 1 is 1.20 bits per heavy atom. The van der Waals surface area contributed by atoms with Crippen LogP contribution in [0.25, 0.3) is 0 Å². The van der Waals surface area contributed by atoms with Crippen molar-refractivity contribution in [2.75, 3.05) is 26.2 Å². The smallest absolute Gasteiger partial charge is 0.317 e. The number of hydrogen-bond donors (Lipinski definition) is 3. The molecule has 0 aliphatic heterocycles. The monoisotopic (exact) mass is 288 g/mol. The van der Waals surface area contributed by atoms with Crippen LogP contribution in [0.15, 0.2) is 0 Å². The average Bonchev–Trinajstić information content (AvgIpc) is 2.41. The van der Waals surface area contributed by atoms with Crippen LogP contribution in [0, 0.1) is 5.92 Å². The molecule has 0 saturated carbocycles. The SMILES string of the molecule is CCCC(CCNC(=O)N(CC)CCO)CCC(=O)O. The van der Waals surface area contributed by atoms with Crippen molar-refractivity contribution < 1.29 is 19.8 Å². The van der Waals surface area contributed by atoms with Crippen LogP contribution >= 0.6 is 0 Å². The van der Waals surface area contributed by atoms with Crippen LogP contribution in [-0.4, -0.2) is 53.4 Å². The summed E-state index contributed by atoms with van der Waals surface area (Å²) in [4.78, 5) is 23.9. The van der Waals surface area contributed by atoms with E-state index in [-0.39, 0.29) is 19.1 Å². The van der Waals surface area contributed by atoms with Gasteiger partial charge in [0, 0.05) is 26.1 Å². The lowest BCUT2D eigenvalue weighted by Gasteiger charge is -2.21. The average molecular weight is 288 g/mol. The number of aliphatic carboxylic acids is 1. The third-order valence-electron chi connectivity index (χ3n) is 3.33. The lowest BCUT2D eigenvalue weighted by Crippen LogP contribution is -2.42. The topological polar surface area (TPSA) is 89.9 Å². The summed E-state index contributed by atoms with van der Waals surface area (Å²) in [5, 5.41) is 20.4. The molecule has 0 rings (SSSR count). The standard InChI is InChI=1S/C14H28N2O4/c1-3-5-12(6-7-13(18)19)8-9-15-14(20)16(4-2)10-11-17/h12,17H,3-11H2,1-2H3,(H,15,20)(H,18,19). The fourth-order valence-electron chi connectivity index (χ4n) is 2.19. The number of carbonyl (C=O) groups excluding carboxylic acids is 1. The number of hydrogen-bond acceptors (Lipinski definition) is 3. The van der Waals surface area contributed by atoms with Gasteiger partial charge in [0.2, 0.25) is 0 Å². The van der Waals surface area contributed by atoms with Gasteiger partial charge < -0.3 is 20.4 Å². The number of carboxylic acid groups (broad SMARTS) is 1. The van der Waals surface area contributed by atoms with Gasteiger partial charge in [-0.05, 0) is 25.7 Å². The number of carboxylic acids is 1. The molecule has 6 nitrogen and oxygen atoms in total. The van der Waals surface area contributed by atoms with Crippen LogP contribution in [0.3, 0.4) is 0 Å². The molecule has 20 heavy (non-hydrogen) atoms. The fraction of sp³-hybridized carbons (Fsp3) is 0.857. The van der Waals surface area contributed by atoms with E-state index in [9.17, 15) is 9.59 Å². The normalized spacial score (nSPS) is 11.9. The first-order valence-electron chi connectivity index (χ1n) is 7.40. The van der Waals surface area contributed by atoms with Crippen LogP contribution in [0.2, 0.25) is 0 Å². The summed E-state index contributed by atoms with van der Waals surface area (Å²) in [7, 11) is 0. The molecular formula is C14H28N2O4. The highest BCUT2D eigenvalue weighted by molar-refractivity contribution is 5.74. The molecule has 2 amide bonds. The summed E-state index contributed by atoms with van der Waals surface area (Å²) in [6.45, 7) is 5.33. The quantitative estimate of drug-likeness (QED) is 0.539. The van der Waals surface area contributed by atoms with Gasteiger partial charge in [-0.1, -0.05) is 19.8 Å². The summed E-state index contributed by atoms with van der Waals surface area (Å²) in [6, 6.07) is -0.171. The first-order chi connectivity index (χ1) is 9.54. The van der Waals surface area contributed by atoms with Crippen LogP contribution in [0.4, 0.5) is 4.79 Å². The Kier molecular flexibility index (Phi) is 10.8. The number of urea groups is 1. The maximum absolute atomic E-state index is 11.8. The van der Waals surface area contributed by atoms with Gasteiger partial charge in [-0.25, -0.2) is 4.79 Å². The van der Waals surface area contributed by atoms with Crippen molar-refractivity contribution >= 4 is 12.0 Å². The Labute approximate surface area is 121 Å². The van der Waals surface area contributed by atoms with E-state index in [0.29, 0.717) is 32.0 Å². The summed E-state index contributed by atoms with van der Waals surface area (Å²) >= 11 is 0. The first-order valence-corrected chi connectivity index (χ1v) is 7.40. The number of rotatable bonds is 11. The molecular weight excluding hydrogens is 260 g/mol. The summed E-state index contributed by atoms with van der Waals surface area (Å²) in [5.41, 5.74) is 0. The Balaban J connectivity index is 4.02. The third kappa shape index (κ3) is 8.74. The second kappa shape index (κ2) is 11.5. The predicted octanol–water partition coefficient (Wildman–Crippen LogP) is 1.68. The maximum Gasteiger partial charge on any atom is 0.317 e. The lowest BCUT2D eigenvalue weighted by atomic mass is 9.94. The molecule has 1 unspecified atom stereocenters. The van der Waals surface area contributed by atoms with E-state index in [0.717, 1.165) is 19.3 Å². The first kappa shape index (κ1) is 18.7. The van der Waals surface area contributed by atoms with Gasteiger partial charge in [-0.15, -0.1) is 0 Å². The van der Waals surface area contributed by atoms with E-state index in [2.05, 4.69) is 12.2 Å². The van der Waals surface area contributed by atoms with Gasteiger partial charge in [0.05, 0.1) is 6.61 Å². The zero-order valence-electron chi connectivity index (χ0n) is 12.6. The van der Waals surface area contributed by atoms with Gasteiger partial charge in [-0.2, -0.15) is 0 Å². The van der Waals surface area contributed by atoms with E-state index < -0.39 is 5.97 Å². The highest BCUT2D eigenvalue weighted by Crippen LogP contribution is 2.17. The Hall–Kier alpha value is -1.30.